The monoisotopic (exact) mass is 360 g/mol. The normalized spacial score (nSPS) is 56.0. The summed E-state index contributed by atoms with van der Waals surface area (Å²) in [7, 11) is 0. The van der Waals surface area contributed by atoms with Crippen molar-refractivity contribution in [2.75, 3.05) is 0 Å². The number of hydrogen-bond donors (Lipinski definition) is 1. The Balaban J connectivity index is 1.58. The minimum Gasteiger partial charge on any atom is -0.481 e. The molecule has 4 bridgehead atoms. The van der Waals surface area contributed by atoms with Gasteiger partial charge in [-0.2, -0.15) is 0 Å². The molecule has 0 unspecified atom stereocenters. The van der Waals surface area contributed by atoms with E-state index in [-0.39, 0.29) is 28.8 Å². The third-order valence-electron chi connectivity index (χ3n) is 9.90. The van der Waals surface area contributed by atoms with Crippen molar-refractivity contribution in [3.63, 3.8) is 0 Å². The molecule has 4 aliphatic carbocycles. The Morgan fingerprint density at radius 3 is 2.62 bits per heavy atom. The van der Waals surface area contributed by atoms with Gasteiger partial charge in [-0.05, 0) is 74.0 Å². The lowest BCUT2D eigenvalue weighted by atomic mass is 9.40. The first-order chi connectivity index (χ1) is 12.2. The van der Waals surface area contributed by atoms with E-state index < -0.39 is 11.6 Å². The van der Waals surface area contributed by atoms with Crippen LogP contribution in [0, 0.1) is 40.4 Å². The van der Waals surface area contributed by atoms with Crippen LogP contribution in [0.4, 0.5) is 0 Å². The molecule has 0 aromatic rings. The highest BCUT2D eigenvalue weighted by Gasteiger charge is 2.74. The Morgan fingerprint density at radius 1 is 1.15 bits per heavy atom. The van der Waals surface area contributed by atoms with Gasteiger partial charge >= 0.3 is 5.97 Å². The van der Waals surface area contributed by atoms with Gasteiger partial charge < -0.3 is 9.84 Å². The van der Waals surface area contributed by atoms with Crippen LogP contribution in [0.3, 0.4) is 0 Å². The molecule has 1 spiro atoms. The van der Waals surface area contributed by atoms with Gasteiger partial charge in [-0.15, -0.1) is 0 Å². The summed E-state index contributed by atoms with van der Waals surface area (Å²) in [5.74, 6) is 0.693. The van der Waals surface area contributed by atoms with E-state index in [4.69, 9.17) is 4.74 Å². The summed E-state index contributed by atoms with van der Waals surface area (Å²) in [6.45, 7) is 6.40. The number of carbonyl (C=O) groups is 2. The molecule has 1 N–H and O–H groups in total. The zero-order valence-corrected chi connectivity index (χ0v) is 16.3. The highest BCUT2D eigenvalue weighted by molar-refractivity contribution is 5.91. The second-order valence-corrected chi connectivity index (χ2v) is 10.6. The van der Waals surface area contributed by atoms with Crippen molar-refractivity contribution in [2.45, 2.75) is 83.8 Å². The molecule has 4 saturated carbocycles. The Bertz CT molecular complexity index is 673. The number of ether oxygens (including phenoxy) is 1. The van der Waals surface area contributed by atoms with Gasteiger partial charge in [-0.25, -0.2) is 0 Å². The van der Waals surface area contributed by atoms with Crippen LogP contribution in [0.15, 0.2) is 0 Å². The number of rotatable bonds is 2. The lowest BCUT2D eigenvalue weighted by Crippen LogP contribution is -2.75. The van der Waals surface area contributed by atoms with Gasteiger partial charge in [0, 0.05) is 11.8 Å². The highest BCUT2D eigenvalue weighted by Crippen LogP contribution is 2.72. The van der Waals surface area contributed by atoms with Crippen molar-refractivity contribution >= 4 is 11.8 Å². The molecule has 6 rings (SSSR count). The summed E-state index contributed by atoms with van der Waals surface area (Å²) >= 11 is 0. The van der Waals surface area contributed by atoms with E-state index in [1.807, 2.05) is 6.92 Å². The number of ketones is 1. The standard InChI is InChI=1S/C22H32O4/c1-12(19(24)25)15-6-7-16-17-5-4-13-10-14-8-9-21(13,3)22(17,26-14)18(23)11-20(15,16)2/h12-17H,4-11H2,1-3H3,(H,24,25)/t12-,13-,14-,15+,16+,17-,20-,21+,22+/m1/s1. The fourth-order valence-electron chi connectivity index (χ4n) is 8.65. The molecule has 26 heavy (non-hydrogen) atoms. The van der Waals surface area contributed by atoms with Gasteiger partial charge in [0.2, 0.25) is 0 Å². The Labute approximate surface area is 156 Å². The predicted octanol–water partition coefficient (Wildman–Crippen LogP) is 4.07. The molecule has 2 heterocycles. The second-order valence-electron chi connectivity index (χ2n) is 10.6. The summed E-state index contributed by atoms with van der Waals surface area (Å²) in [4.78, 5) is 25.5. The number of hydrogen-bond acceptors (Lipinski definition) is 3. The fraction of sp³-hybridized carbons (Fsp3) is 0.909. The van der Waals surface area contributed by atoms with Gasteiger partial charge in [-0.3, -0.25) is 9.59 Å². The van der Waals surface area contributed by atoms with Crippen LogP contribution in [0.2, 0.25) is 0 Å². The zero-order valence-electron chi connectivity index (χ0n) is 16.3. The van der Waals surface area contributed by atoms with Gasteiger partial charge in [0.15, 0.2) is 5.78 Å². The van der Waals surface area contributed by atoms with Gasteiger partial charge in [0.25, 0.3) is 0 Å². The summed E-state index contributed by atoms with van der Waals surface area (Å²) in [5.41, 5.74) is -0.740. The van der Waals surface area contributed by atoms with Crippen molar-refractivity contribution in [1.82, 2.24) is 0 Å². The number of carboxylic acid groups (broad SMARTS) is 1. The minimum absolute atomic E-state index is 0.000416. The lowest BCUT2D eigenvalue weighted by molar-refractivity contribution is -0.307. The molecule has 144 valence electrons. The van der Waals surface area contributed by atoms with Crippen LogP contribution in [0.5, 0.6) is 0 Å². The summed E-state index contributed by atoms with van der Waals surface area (Å²) in [6, 6.07) is 0. The molecular weight excluding hydrogens is 328 g/mol. The molecule has 6 aliphatic rings. The van der Waals surface area contributed by atoms with Crippen LogP contribution in [-0.4, -0.2) is 28.6 Å². The van der Waals surface area contributed by atoms with E-state index in [0.29, 0.717) is 30.0 Å². The van der Waals surface area contributed by atoms with Crippen molar-refractivity contribution < 1.29 is 19.4 Å². The first-order valence-corrected chi connectivity index (χ1v) is 10.7. The van der Waals surface area contributed by atoms with Gasteiger partial charge in [0.1, 0.15) is 5.60 Å². The van der Waals surface area contributed by atoms with E-state index in [1.165, 1.54) is 6.42 Å². The summed E-state index contributed by atoms with van der Waals surface area (Å²) in [6.07, 6.45) is 8.48. The fourth-order valence-corrected chi connectivity index (χ4v) is 8.65. The van der Waals surface area contributed by atoms with Crippen LogP contribution < -0.4 is 0 Å². The number of carbonyl (C=O) groups excluding carboxylic acids is 1. The topological polar surface area (TPSA) is 63.6 Å². The quantitative estimate of drug-likeness (QED) is 0.806. The van der Waals surface area contributed by atoms with E-state index in [9.17, 15) is 14.7 Å². The molecule has 4 heteroatoms. The Hall–Kier alpha value is -0.900. The zero-order chi connectivity index (χ0) is 18.5. The average molecular weight is 360 g/mol. The number of aliphatic carboxylic acids is 1. The van der Waals surface area contributed by atoms with Crippen molar-refractivity contribution in [2.24, 2.45) is 40.4 Å². The van der Waals surface area contributed by atoms with Crippen LogP contribution in [-0.2, 0) is 14.3 Å². The molecular formula is C22H32O4. The van der Waals surface area contributed by atoms with Crippen molar-refractivity contribution in [1.29, 1.82) is 0 Å². The van der Waals surface area contributed by atoms with Gasteiger partial charge in [0.05, 0.1) is 12.0 Å². The molecule has 4 nitrogen and oxygen atoms in total. The average Bonchev–Trinajstić information content (AvgIpc) is 2.90. The maximum absolute atomic E-state index is 13.8. The molecule has 0 radical (unpaired) electrons. The van der Waals surface area contributed by atoms with E-state index in [0.717, 1.165) is 38.5 Å². The second kappa shape index (κ2) is 5.12. The minimum atomic E-state index is -0.715. The van der Waals surface area contributed by atoms with E-state index >= 15 is 0 Å². The molecule has 2 aliphatic heterocycles. The van der Waals surface area contributed by atoms with E-state index in [2.05, 4.69) is 13.8 Å². The Morgan fingerprint density at radius 2 is 1.88 bits per heavy atom. The van der Waals surface area contributed by atoms with Crippen LogP contribution >= 0.6 is 0 Å². The van der Waals surface area contributed by atoms with Crippen LogP contribution in [0.25, 0.3) is 0 Å². The molecule has 9 atom stereocenters. The predicted molar refractivity (Wildman–Crippen MR) is 96.5 cm³/mol. The maximum Gasteiger partial charge on any atom is 0.306 e. The van der Waals surface area contributed by atoms with Crippen molar-refractivity contribution in [3.8, 4) is 0 Å². The van der Waals surface area contributed by atoms with Gasteiger partial charge in [-0.1, -0.05) is 20.8 Å². The third-order valence-corrected chi connectivity index (χ3v) is 9.90. The molecule has 0 amide bonds. The SMILES string of the molecule is C[C@@H](C(=O)O)[C@@H]1CC[C@H]2[C@H]3CC[C@@H]4C[C@H]5CC[C@]4(C)[C@@]3(O5)C(=O)C[C@@]21C. The molecule has 2 saturated heterocycles. The lowest BCUT2D eigenvalue weighted by Gasteiger charge is -2.70. The highest BCUT2D eigenvalue weighted by atomic mass is 16.5. The molecule has 0 aromatic heterocycles. The smallest absolute Gasteiger partial charge is 0.306 e. The van der Waals surface area contributed by atoms with Crippen LogP contribution in [0.1, 0.15) is 72.1 Å². The summed E-state index contributed by atoms with van der Waals surface area (Å²) in [5, 5.41) is 9.60. The first-order valence-electron chi connectivity index (χ1n) is 10.7. The first kappa shape index (κ1) is 17.2. The third kappa shape index (κ3) is 1.76. The molecule has 0 aromatic carbocycles. The number of carboxylic acids is 1. The number of Topliss-reactive ketones (excluding diaryl/α,β-unsaturated/α-hetero) is 1. The molecule has 6 fully saturated rings. The maximum atomic E-state index is 13.8. The summed E-state index contributed by atoms with van der Waals surface area (Å²) < 4.78 is 6.69. The van der Waals surface area contributed by atoms with E-state index in [1.54, 1.807) is 0 Å². The largest absolute Gasteiger partial charge is 0.481 e. The Kier molecular flexibility index (Phi) is 3.39. The van der Waals surface area contributed by atoms with Crippen molar-refractivity contribution in [3.05, 3.63) is 0 Å². The number of fused-ring (bicyclic) bond motifs is 3.